The summed E-state index contributed by atoms with van der Waals surface area (Å²) in [5.74, 6) is 0. The smallest absolute Gasteiger partial charge is 0.299 e. The van der Waals surface area contributed by atoms with Gasteiger partial charge in [-0.3, -0.25) is 9.80 Å². The largest absolute Gasteiger partial charge is 1.00 e. The third-order valence-corrected chi connectivity index (χ3v) is 5.47. The number of quaternary nitrogens is 1. The van der Waals surface area contributed by atoms with E-state index >= 15 is 0 Å². The summed E-state index contributed by atoms with van der Waals surface area (Å²) in [5.41, 5.74) is 1.36. The number of nitrogens with one attached hydrogen (secondary N) is 2. The second-order valence-electron chi connectivity index (χ2n) is 5.64. The van der Waals surface area contributed by atoms with E-state index in [9.17, 15) is 4.79 Å². The summed E-state index contributed by atoms with van der Waals surface area (Å²) in [7, 11) is 0. The van der Waals surface area contributed by atoms with Crippen LogP contribution in [0.5, 0.6) is 0 Å². The molecule has 2 aliphatic heterocycles. The van der Waals surface area contributed by atoms with Crippen molar-refractivity contribution in [2.24, 2.45) is 0 Å². The Hall–Kier alpha value is -0.880. The molecule has 0 bridgehead atoms. The van der Waals surface area contributed by atoms with Crippen LogP contribution in [0, 0.1) is 0 Å². The fourth-order valence-electron chi connectivity index (χ4n) is 3.66. The molecule has 0 spiro atoms. The lowest BCUT2D eigenvalue weighted by Crippen LogP contribution is -3.14. The van der Waals surface area contributed by atoms with Gasteiger partial charge in [0, 0.05) is 17.6 Å². The third kappa shape index (κ3) is 2.19. The zero-order valence-corrected chi connectivity index (χ0v) is 12.7. The maximum atomic E-state index is 10.9. The van der Waals surface area contributed by atoms with Gasteiger partial charge in [0.05, 0.1) is 30.0 Å². The Labute approximate surface area is 128 Å². The van der Waals surface area contributed by atoms with E-state index in [0.29, 0.717) is 12.1 Å². The molecule has 4 nitrogen and oxygen atoms in total. The fourth-order valence-corrected chi connectivity index (χ4v) is 4.45. The zero-order valence-electron chi connectivity index (χ0n) is 11.1. The van der Waals surface area contributed by atoms with E-state index in [4.69, 9.17) is 0 Å². The van der Waals surface area contributed by atoms with E-state index < -0.39 is 0 Å². The molecule has 2 fully saturated rings. The third-order valence-electron chi connectivity index (χ3n) is 4.62. The van der Waals surface area contributed by atoms with Crippen LogP contribution >= 0.6 is 11.3 Å². The number of hydrogen-bond donors (Lipinski definition) is 2. The van der Waals surface area contributed by atoms with Crippen LogP contribution in [0.25, 0.3) is 10.2 Å². The molecule has 2 aromatic heterocycles. The molecular formula is C14H18ClN3OS. The zero-order chi connectivity index (χ0) is 12.8. The molecule has 0 radical (unpaired) electrons. The molecule has 4 rings (SSSR count). The second-order valence-corrected chi connectivity index (χ2v) is 6.56. The molecular weight excluding hydrogens is 294 g/mol. The molecule has 6 heteroatoms. The van der Waals surface area contributed by atoms with Crippen LogP contribution < -0.4 is 17.3 Å². The number of nitrogens with zero attached hydrogens (tertiary/aromatic N) is 1. The summed E-state index contributed by atoms with van der Waals surface area (Å²) in [6.45, 7) is 2.97. The van der Waals surface area contributed by atoms with Gasteiger partial charge in [0.15, 0.2) is 0 Å². The number of aromatic amines is 1. The molecule has 108 valence electrons. The van der Waals surface area contributed by atoms with E-state index in [1.165, 1.54) is 28.8 Å². The summed E-state index contributed by atoms with van der Waals surface area (Å²) in [4.78, 5) is 19.5. The topological polar surface area (TPSA) is 40.5 Å². The lowest BCUT2D eigenvalue weighted by molar-refractivity contribution is -0.820. The van der Waals surface area contributed by atoms with Crippen molar-refractivity contribution in [1.82, 2.24) is 9.88 Å². The highest BCUT2D eigenvalue weighted by Crippen LogP contribution is 2.37. The van der Waals surface area contributed by atoms with Crippen molar-refractivity contribution in [3.05, 3.63) is 23.2 Å². The van der Waals surface area contributed by atoms with Crippen molar-refractivity contribution in [2.75, 3.05) is 19.6 Å². The van der Waals surface area contributed by atoms with Gasteiger partial charge in [0.25, 0.3) is 6.41 Å². The number of hydrogen-bond acceptors (Lipinski definition) is 3. The van der Waals surface area contributed by atoms with Crippen LogP contribution in [0.1, 0.15) is 24.6 Å². The number of aromatic nitrogens is 1. The molecule has 1 amide bonds. The van der Waals surface area contributed by atoms with Crippen molar-refractivity contribution in [2.45, 2.75) is 24.9 Å². The van der Waals surface area contributed by atoms with E-state index in [2.05, 4.69) is 27.4 Å². The van der Waals surface area contributed by atoms with Gasteiger partial charge in [0.2, 0.25) is 0 Å². The molecule has 20 heavy (non-hydrogen) atoms. The Bertz CT molecular complexity index is 582. The number of carbonyl (C=O) groups excluding carboxylic acids is 1. The number of halogens is 1. The average Bonchev–Trinajstić information content (AvgIpc) is 3.10. The van der Waals surface area contributed by atoms with Crippen LogP contribution in [0.15, 0.2) is 17.5 Å². The van der Waals surface area contributed by atoms with Crippen molar-refractivity contribution in [3.8, 4) is 0 Å². The van der Waals surface area contributed by atoms with Crippen molar-refractivity contribution in [1.29, 1.82) is 0 Å². The Morgan fingerprint density at radius 2 is 2.35 bits per heavy atom. The van der Waals surface area contributed by atoms with Crippen LogP contribution in [0.3, 0.4) is 0 Å². The molecule has 0 aliphatic carbocycles. The quantitative estimate of drug-likeness (QED) is 0.618. The first-order valence-corrected chi connectivity index (χ1v) is 7.85. The highest BCUT2D eigenvalue weighted by atomic mass is 35.5. The van der Waals surface area contributed by atoms with Crippen molar-refractivity contribution < 1.29 is 22.1 Å². The molecule has 0 saturated carbocycles. The minimum Gasteiger partial charge on any atom is -1.00 e. The van der Waals surface area contributed by atoms with Crippen molar-refractivity contribution in [3.63, 3.8) is 0 Å². The standard InChI is InChI=1S/C14H17N3OS.ClH/c18-9-16-4-5-17-11(8-16)1-2-13(17)12-7-10-3-6-19-14(10)15-12;/h3,6-7,9,11,13,15H,1-2,4-5,8H2;1H. The summed E-state index contributed by atoms with van der Waals surface area (Å²) >= 11 is 1.78. The Morgan fingerprint density at radius 3 is 3.15 bits per heavy atom. The fraction of sp³-hybridized carbons (Fsp3) is 0.500. The maximum absolute atomic E-state index is 10.9. The van der Waals surface area contributed by atoms with Gasteiger partial charge >= 0.3 is 0 Å². The average molecular weight is 312 g/mol. The molecule has 4 heterocycles. The van der Waals surface area contributed by atoms with E-state index in [1.807, 2.05) is 0 Å². The van der Waals surface area contributed by atoms with E-state index in [0.717, 1.165) is 30.9 Å². The molecule has 2 aliphatic rings. The van der Waals surface area contributed by atoms with Gasteiger partial charge in [0.1, 0.15) is 0 Å². The lowest BCUT2D eigenvalue weighted by Gasteiger charge is -2.35. The van der Waals surface area contributed by atoms with Gasteiger partial charge < -0.3 is 17.4 Å². The molecule has 2 aromatic rings. The second kappa shape index (κ2) is 5.48. The Kier molecular flexibility index (Phi) is 3.86. The summed E-state index contributed by atoms with van der Waals surface area (Å²) in [6.07, 6.45) is 3.51. The summed E-state index contributed by atoms with van der Waals surface area (Å²) in [5, 5.41) is 3.47. The van der Waals surface area contributed by atoms with Gasteiger partial charge in [-0.15, -0.1) is 11.3 Å². The monoisotopic (exact) mass is 311 g/mol. The van der Waals surface area contributed by atoms with Gasteiger partial charge in [-0.05, 0) is 30.4 Å². The highest BCUT2D eigenvalue weighted by molar-refractivity contribution is 7.16. The minimum absolute atomic E-state index is 0. The first kappa shape index (κ1) is 14.1. The maximum Gasteiger partial charge on any atom is 0.299 e. The van der Waals surface area contributed by atoms with Crippen LogP contribution in [0.4, 0.5) is 0 Å². The first-order valence-electron chi connectivity index (χ1n) is 6.97. The number of thiophene rings is 1. The van der Waals surface area contributed by atoms with Gasteiger partial charge in [-0.1, -0.05) is 0 Å². The molecule has 2 N–H and O–H groups in total. The first-order chi connectivity index (χ1) is 9.35. The Balaban J connectivity index is 0.00000121. The van der Waals surface area contributed by atoms with E-state index in [-0.39, 0.29) is 12.4 Å². The van der Waals surface area contributed by atoms with Gasteiger partial charge in [-0.25, -0.2) is 4.79 Å². The van der Waals surface area contributed by atoms with Gasteiger partial charge in [-0.2, -0.15) is 0 Å². The summed E-state index contributed by atoms with van der Waals surface area (Å²) < 4.78 is 0. The van der Waals surface area contributed by atoms with Crippen molar-refractivity contribution >= 4 is 28.0 Å². The number of rotatable bonds is 2. The SMILES string of the molecule is O=C[NH+]1CCN2C(CCC2c2cc3ccsc3[nH]2)C1.[Cl-]. The molecule has 0 aromatic carbocycles. The number of carbonyl (C=O) groups is 1. The molecule has 2 saturated heterocycles. The predicted molar refractivity (Wildman–Crippen MR) is 75.4 cm³/mol. The highest BCUT2D eigenvalue weighted by Gasteiger charge is 2.40. The predicted octanol–water partition coefficient (Wildman–Crippen LogP) is -2.21. The van der Waals surface area contributed by atoms with E-state index in [1.54, 1.807) is 11.3 Å². The lowest BCUT2D eigenvalue weighted by atomic mass is 10.1. The normalized spacial score (nSPS) is 30.1. The number of amides is 1. The number of fused-ring (bicyclic) bond motifs is 2. The number of piperazine rings is 1. The molecule has 3 atom stereocenters. The van der Waals surface area contributed by atoms with Crippen LogP contribution in [0.2, 0.25) is 0 Å². The summed E-state index contributed by atoms with van der Waals surface area (Å²) in [6, 6.07) is 5.59. The number of H-pyrrole nitrogens is 1. The van der Waals surface area contributed by atoms with Crippen LogP contribution in [-0.2, 0) is 4.79 Å². The van der Waals surface area contributed by atoms with Crippen LogP contribution in [-0.4, -0.2) is 42.0 Å². The molecule has 3 unspecified atom stereocenters. The Morgan fingerprint density at radius 1 is 1.45 bits per heavy atom. The minimum atomic E-state index is 0.